The topological polar surface area (TPSA) is 42.7 Å². The van der Waals surface area contributed by atoms with Gasteiger partial charge in [0.1, 0.15) is 5.75 Å². The molecule has 0 unspecified atom stereocenters. The van der Waals surface area contributed by atoms with Gasteiger partial charge in [-0.2, -0.15) is 0 Å². The first kappa shape index (κ1) is 16.7. The van der Waals surface area contributed by atoms with Crippen LogP contribution in [0.15, 0.2) is 60.9 Å². The number of fused-ring (bicyclic) bond motifs is 1. The van der Waals surface area contributed by atoms with Crippen molar-refractivity contribution in [3.05, 3.63) is 72.1 Å². The van der Waals surface area contributed by atoms with Crippen LogP contribution in [0.5, 0.6) is 5.75 Å². The fourth-order valence-electron chi connectivity index (χ4n) is 3.69. The first-order valence-corrected chi connectivity index (χ1v) is 9.29. The molecular weight excluding hydrogens is 324 g/mol. The fraction of sp³-hybridized carbons (Fsp3) is 0.318. The summed E-state index contributed by atoms with van der Waals surface area (Å²) < 4.78 is 8.04. The quantitative estimate of drug-likeness (QED) is 0.761. The summed E-state index contributed by atoms with van der Waals surface area (Å²) in [7, 11) is 0. The number of benzene rings is 1. The molecule has 2 aromatic heterocycles. The minimum absolute atomic E-state index is 0.0144. The molecule has 134 valence electrons. The van der Waals surface area contributed by atoms with Crippen LogP contribution in [0.1, 0.15) is 41.6 Å². The van der Waals surface area contributed by atoms with E-state index in [-0.39, 0.29) is 18.1 Å². The second kappa shape index (κ2) is 7.24. The zero-order valence-electron chi connectivity index (χ0n) is 15.0. The third-order valence-corrected chi connectivity index (χ3v) is 5.16. The number of aromatic nitrogens is 1. The van der Waals surface area contributed by atoms with Gasteiger partial charge in [0.25, 0.3) is 5.91 Å². The van der Waals surface area contributed by atoms with Gasteiger partial charge in [-0.25, -0.2) is 0 Å². The van der Waals surface area contributed by atoms with Crippen LogP contribution in [0.4, 0.5) is 0 Å². The third-order valence-electron chi connectivity index (χ3n) is 5.16. The Morgan fingerprint density at radius 3 is 2.58 bits per heavy atom. The number of hydrogen-bond donors (Lipinski definition) is 1. The van der Waals surface area contributed by atoms with Gasteiger partial charge in [-0.05, 0) is 62.4 Å². The fourth-order valence-corrected chi connectivity index (χ4v) is 3.69. The molecule has 4 heteroatoms. The van der Waals surface area contributed by atoms with Crippen LogP contribution in [0.3, 0.4) is 0 Å². The molecule has 0 spiro atoms. The van der Waals surface area contributed by atoms with Gasteiger partial charge in [-0.3, -0.25) is 4.79 Å². The summed E-state index contributed by atoms with van der Waals surface area (Å²) >= 11 is 0. The number of carbonyl (C=O) groups is 1. The number of aryl methyl sites for hydroxylation is 1. The molecule has 0 atom stereocenters. The Kier molecular flexibility index (Phi) is 4.65. The lowest BCUT2D eigenvalue weighted by Crippen LogP contribution is -2.39. The second-order valence-electron chi connectivity index (χ2n) is 7.09. The van der Waals surface area contributed by atoms with E-state index in [0.717, 1.165) is 42.5 Å². The Balaban J connectivity index is 1.33. The maximum Gasteiger partial charge on any atom is 0.253 e. The first-order valence-electron chi connectivity index (χ1n) is 9.29. The van der Waals surface area contributed by atoms with E-state index in [1.165, 1.54) is 5.56 Å². The molecule has 0 saturated heterocycles. The number of amides is 1. The lowest BCUT2D eigenvalue weighted by Gasteiger charge is -2.29. The normalized spacial score (nSPS) is 20.0. The van der Waals surface area contributed by atoms with Gasteiger partial charge in [0.15, 0.2) is 0 Å². The van der Waals surface area contributed by atoms with Crippen LogP contribution >= 0.6 is 0 Å². The van der Waals surface area contributed by atoms with Gasteiger partial charge in [-0.1, -0.05) is 24.3 Å². The first-order chi connectivity index (χ1) is 12.7. The standard InChI is InChI=1S/C22H24N2O2/c1-16-6-5-13-24-15-17(14-21(16)24)22(25)23-18-9-11-20(12-10-18)26-19-7-3-2-4-8-19/h2-8,13-15,18,20H,9-12H2,1H3,(H,23,25). The molecule has 1 saturated carbocycles. The minimum atomic E-state index is 0.0144. The Morgan fingerprint density at radius 1 is 1.08 bits per heavy atom. The van der Waals surface area contributed by atoms with Gasteiger partial charge >= 0.3 is 0 Å². The Hall–Kier alpha value is -2.75. The molecule has 1 amide bonds. The zero-order chi connectivity index (χ0) is 17.9. The molecule has 26 heavy (non-hydrogen) atoms. The van der Waals surface area contributed by atoms with Crippen molar-refractivity contribution in [2.75, 3.05) is 0 Å². The van der Waals surface area contributed by atoms with E-state index in [0.29, 0.717) is 0 Å². The highest BCUT2D eigenvalue weighted by Crippen LogP contribution is 2.24. The van der Waals surface area contributed by atoms with Crippen molar-refractivity contribution in [1.82, 2.24) is 9.72 Å². The van der Waals surface area contributed by atoms with Crippen LogP contribution in [0, 0.1) is 6.92 Å². The highest BCUT2D eigenvalue weighted by atomic mass is 16.5. The lowest BCUT2D eigenvalue weighted by molar-refractivity contribution is 0.0894. The maximum absolute atomic E-state index is 12.6. The second-order valence-corrected chi connectivity index (χ2v) is 7.09. The third kappa shape index (κ3) is 3.59. The molecule has 2 heterocycles. The summed E-state index contributed by atoms with van der Waals surface area (Å²) in [6.45, 7) is 2.06. The Bertz CT molecular complexity index is 893. The molecule has 0 aliphatic heterocycles. The van der Waals surface area contributed by atoms with E-state index in [4.69, 9.17) is 4.74 Å². The molecule has 1 fully saturated rings. The molecule has 1 N–H and O–H groups in total. The lowest BCUT2D eigenvalue weighted by atomic mass is 9.92. The van der Waals surface area contributed by atoms with E-state index in [1.54, 1.807) is 0 Å². The van der Waals surface area contributed by atoms with Crippen molar-refractivity contribution in [2.45, 2.75) is 44.8 Å². The molecule has 1 aliphatic rings. The molecule has 4 rings (SSSR count). The maximum atomic E-state index is 12.6. The minimum Gasteiger partial charge on any atom is -0.490 e. The van der Waals surface area contributed by atoms with Crippen LogP contribution in [-0.2, 0) is 0 Å². The summed E-state index contributed by atoms with van der Waals surface area (Å²) in [6, 6.07) is 16.2. The van der Waals surface area contributed by atoms with E-state index >= 15 is 0 Å². The summed E-state index contributed by atoms with van der Waals surface area (Å²) in [5.41, 5.74) is 2.98. The van der Waals surface area contributed by atoms with Crippen molar-refractivity contribution >= 4 is 11.4 Å². The number of pyridine rings is 1. The monoisotopic (exact) mass is 348 g/mol. The van der Waals surface area contributed by atoms with E-state index in [1.807, 2.05) is 59.3 Å². The molecule has 0 bridgehead atoms. The number of carbonyl (C=O) groups excluding carboxylic acids is 1. The highest BCUT2D eigenvalue weighted by molar-refractivity contribution is 5.96. The van der Waals surface area contributed by atoms with Crippen molar-refractivity contribution in [3.63, 3.8) is 0 Å². The molecular formula is C22H24N2O2. The summed E-state index contributed by atoms with van der Waals surface area (Å²) in [4.78, 5) is 12.6. The molecule has 3 aromatic rings. The predicted molar refractivity (Wildman–Crippen MR) is 103 cm³/mol. The summed E-state index contributed by atoms with van der Waals surface area (Å²) in [5, 5.41) is 3.19. The van der Waals surface area contributed by atoms with Crippen molar-refractivity contribution in [3.8, 4) is 5.75 Å². The van der Waals surface area contributed by atoms with Gasteiger partial charge in [0.05, 0.1) is 11.7 Å². The summed E-state index contributed by atoms with van der Waals surface area (Å²) in [6.07, 6.45) is 7.97. The average Bonchev–Trinajstić information content (AvgIpc) is 3.10. The number of nitrogens with one attached hydrogen (secondary N) is 1. The molecule has 1 aromatic carbocycles. The van der Waals surface area contributed by atoms with Gasteiger partial charge in [-0.15, -0.1) is 0 Å². The number of nitrogens with zero attached hydrogens (tertiary/aromatic N) is 1. The van der Waals surface area contributed by atoms with Gasteiger partial charge < -0.3 is 14.5 Å². The Labute approximate surface area is 153 Å². The smallest absolute Gasteiger partial charge is 0.253 e. The molecule has 0 radical (unpaired) electrons. The zero-order valence-corrected chi connectivity index (χ0v) is 15.0. The molecule has 4 nitrogen and oxygen atoms in total. The number of hydrogen-bond acceptors (Lipinski definition) is 2. The number of para-hydroxylation sites is 1. The van der Waals surface area contributed by atoms with Crippen LogP contribution in [-0.4, -0.2) is 22.5 Å². The Morgan fingerprint density at radius 2 is 1.85 bits per heavy atom. The highest BCUT2D eigenvalue weighted by Gasteiger charge is 2.24. The number of rotatable bonds is 4. The van der Waals surface area contributed by atoms with Gasteiger partial charge in [0.2, 0.25) is 0 Å². The van der Waals surface area contributed by atoms with Crippen molar-refractivity contribution < 1.29 is 9.53 Å². The van der Waals surface area contributed by atoms with Crippen molar-refractivity contribution in [2.24, 2.45) is 0 Å². The van der Waals surface area contributed by atoms with E-state index in [2.05, 4.69) is 18.3 Å². The predicted octanol–water partition coefficient (Wildman–Crippen LogP) is 4.37. The largest absolute Gasteiger partial charge is 0.490 e. The average molecular weight is 348 g/mol. The number of ether oxygens (including phenoxy) is 1. The molecule has 1 aliphatic carbocycles. The van der Waals surface area contributed by atoms with Gasteiger partial charge in [0, 0.05) is 24.0 Å². The van der Waals surface area contributed by atoms with E-state index < -0.39 is 0 Å². The van der Waals surface area contributed by atoms with Crippen molar-refractivity contribution in [1.29, 1.82) is 0 Å². The summed E-state index contributed by atoms with van der Waals surface area (Å²) in [5.74, 6) is 0.941. The van der Waals surface area contributed by atoms with Crippen LogP contribution in [0.25, 0.3) is 5.52 Å². The SMILES string of the molecule is Cc1cccn2cc(C(=O)NC3CCC(Oc4ccccc4)CC3)cc12. The van der Waals surface area contributed by atoms with E-state index in [9.17, 15) is 4.79 Å². The van der Waals surface area contributed by atoms with Crippen LogP contribution in [0.2, 0.25) is 0 Å². The van der Waals surface area contributed by atoms with Crippen LogP contribution < -0.4 is 10.1 Å².